The van der Waals surface area contributed by atoms with Gasteiger partial charge in [0.15, 0.2) is 0 Å². The number of ether oxygens (including phenoxy) is 1. The van der Waals surface area contributed by atoms with Crippen molar-refractivity contribution >= 4 is 76.5 Å². The normalized spacial score (nSPS) is 11.9. The molecule has 0 aliphatic carbocycles. The maximum Gasteiger partial charge on any atom is 0.242 e. The van der Waals surface area contributed by atoms with Crippen LogP contribution in [0.15, 0.2) is 128 Å². The van der Waals surface area contributed by atoms with Gasteiger partial charge in [0.25, 0.3) is 0 Å². The smallest absolute Gasteiger partial charge is 0.242 e. The van der Waals surface area contributed by atoms with E-state index in [4.69, 9.17) is 9.72 Å². The number of benzene rings is 6. The molecule has 11 aromatic rings. The quantitative estimate of drug-likeness (QED) is 0.131. The molecule has 0 spiro atoms. The zero-order chi connectivity index (χ0) is 34.7. The molecular formula is C45H30N6OPt-2. The monoisotopic (exact) mass is 865 g/mol. The van der Waals surface area contributed by atoms with Crippen molar-refractivity contribution in [3.8, 4) is 23.0 Å². The van der Waals surface area contributed by atoms with Gasteiger partial charge in [0.05, 0.1) is 29.1 Å². The molecule has 0 aliphatic rings. The van der Waals surface area contributed by atoms with E-state index in [0.29, 0.717) is 11.5 Å². The molecule has 0 saturated carbocycles. The van der Waals surface area contributed by atoms with Gasteiger partial charge in [-0.1, -0.05) is 83.3 Å². The molecule has 11 rings (SSSR count). The van der Waals surface area contributed by atoms with Gasteiger partial charge in [-0.15, -0.1) is 24.3 Å². The number of para-hydroxylation sites is 4. The molecule has 0 fully saturated rings. The molecule has 6 aromatic carbocycles. The minimum Gasteiger partial charge on any atom is -0.510 e. The Bertz CT molecular complexity index is 3260. The van der Waals surface area contributed by atoms with E-state index in [0.717, 1.165) is 49.9 Å². The third-order valence-electron chi connectivity index (χ3n) is 10.6. The minimum atomic E-state index is 0. The van der Waals surface area contributed by atoms with Gasteiger partial charge >= 0.3 is 0 Å². The maximum atomic E-state index is 6.58. The average Bonchev–Trinajstić information content (AvgIpc) is 3.89. The molecule has 5 heterocycles. The first kappa shape index (κ1) is 31.6. The number of aryl methyl sites for hydroxylation is 3. The van der Waals surface area contributed by atoms with Crippen LogP contribution >= 0.6 is 0 Å². The van der Waals surface area contributed by atoms with Crippen molar-refractivity contribution in [3.05, 3.63) is 146 Å². The molecule has 53 heavy (non-hydrogen) atoms. The Labute approximate surface area is 318 Å². The third-order valence-corrected chi connectivity index (χ3v) is 10.6. The number of fused-ring (bicyclic) bond motifs is 13. The van der Waals surface area contributed by atoms with E-state index in [1.165, 1.54) is 38.1 Å². The first-order valence-corrected chi connectivity index (χ1v) is 17.3. The summed E-state index contributed by atoms with van der Waals surface area (Å²) in [4.78, 5) is 4.91. The Morgan fingerprint density at radius 3 is 1.98 bits per heavy atom. The van der Waals surface area contributed by atoms with E-state index in [1.54, 1.807) is 0 Å². The van der Waals surface area contributed by atoms with Crippen molar-refractivity contribution in [2.24, 2.45) is 21.1 Å². The second kappa shape index (κ2) is 11.7. The van der Waals surface area contributed by atoms with Gasteiger partial charge in [0.2, 0.25) is 6.33 Å². The first-order valence-electron chi connectivity index (χ1n) is 17.3. The molecular weight excluding hydrogens is 836 g/mol. The number of rotatable bonds is 4. The number of pyridine rings is 1. The molecule has 0 amide bonds. The van der Waals surface area contributed by atoms with Crippen molar-refractivity contribution in [3.63, 3.8) is 0 Å². The Balaban J connectivity index is 0.00000349. The molecule has 7 nitrogen and oxygen atoms in total. The minimum absolute atomic E-state index is 0. The van der Waals surface area contributed by atoms with Crippen molar-refractivity contribution in [1.29, 1.82) is 0 Å². The molecule has 258 valence electrons. The van der Waals surface area contributed by atoms with Gasteiger partial charge in [-0.3, -0.25) is 0 Å². The van der Waals surface area contributed by atoms with E-state index in [2.05, 4.69) is 119 Å². The number of hydrogen-bond donors (Lipinski definition) is 0. The van der Waals surface area contributed by atoms with Crippen LogP contribution in [0, 0.1) is 18.5 Å². The summed E-state index contributed by atoms with van der Waals surface area (Å²) in [5.41, 5.74) is 9.67. The molecule has 0 atom stereocenters. The van der Waals surface area contributed by atoms with Crippen molar-refractivity contribution in [2.45, 2.75) is 0 Å². The summed E-state index contributed by atoms with van der Waals surface area (Å²) < 4.78 is 17.5. The van der Waals surface area contributed by atoms with Crippen molar-refractivity contribution < 1.29 is 30.4 Å². The van der Waals surface area contributed by atoms with Gasteiger partial charge in [-0.2, -0.15) is 18.2 Å². The standard InChI is InChI=1S/C45H30N6O.Pt/c1-47-27-50(37-20-9-8-19-36(37)47)28-13-12-14-29(25-28)52-30-22-23-33-38(26-30)51(39-21-10-11-24-46-39)45-42(33)43-40(31-15-4-6-17-34(31)48(43)2)41-32-16-5-7-18-35(32)49(3)44(41)45;/h4-24H,1-3H3;/q-2;. The van der Waals surface area contributed by atoms with Gasteiger partial charge in [0.1, 0.15) is 5.82 Å². The number of hydrogen-bond acceptors (Lipinski definition) is 2. The van der Waals surface area contributed by atoms with Crippen LogP contribution in [0.25, 0.3) is 88.0 Å². The maximum absolute atomic E-state index is 6.58. The van der Waals surface area contributed by atoms with Crippen LogP contribution in [0.5, 0.6) is 11.5 Å². The first-order chi connectivity index (χ1) is 25.6. The predicted octanol–water partition coefficient (Wildman–Crippen LogP) is 9.43. The van der Waals surface area contributed by atoms with Crippen LogP contribution in [0.4, 0.5) is 0 Å². The molecule has 5 aromatic heterocycles. The number of imidazole rings is 1. The summed E-state index contributed by atoms with van der Waals surface area (Å²) in [6.45, 7) is 0. The Kier molecular flexibility index (Phi) is 6.95. The summed E-state index contributed by atoms with van der Waals surface area (Å²) in [7, 11) is 6.36. The summed E-state index contributed by atoms with van der Waals surface area (Å²) in [6, 6.07) is 49.1. The molecule has 0 radical (unpaired) electrons. The average molecular weight is 866 g/mol. The van der Waals surface area contributed by atoms with Gasteiger partial charge < -0.3 is 27.6 Å². The predicted molar refractivity (Wildman–Crippen MR) is 208 cm³/mol. The summed E-state index contributed by atoms with van der Waals surface area (Å²) in [6.07, 6.45) is 5.26. The van der Waals surface area contributed by atoms with Crippen LogP contribution in [0.2, 0.25) is 0 Å². The zero-order valence-corrected chi connectivity index (χ0v) is 31.3. The fourth-order valence-electron chi connectivity index (χ4n) is 8.42. The Morgan fingerprint density at radius 1 is 0.566 bits per heavy atom. The SMILES string of the molecule is Cn1[c-][n+](-c2[c-]c(Oc3[c-]c4c(cc3)c3c5c(c6ccccc6n5C)c5c6ccccc6n(C)c5c3n4-c3ccccn3)ccc2)c2ccccc21.[Pt]. The van der Waals surface area contributed by atoms with Gasteiger partial charge in [0, 0.05) is 91.0 Å². The Morgan fingerprint density at radius 2 is 1.23 bits per heavy atom. The van der Waals surface area contributed by atoms with Crippen molar-refractivity contribution in [1.82, 2.24) is 23.3 Å². The van der Waals surface area contributed by atoms with E-state index in [9.17, 15) is 0 Å². The number of aromatic nitrogens is 6. The van der Waals surface area contributed by atoms with E-state index in [1.807, 2.05) is 70.9 Å². The summed E-state index contributed by atoms with van der Waals surface area (Å²) in [5, 5.41) is 7.20. The molecule has 0 N–H and O–H groups in total. The number of nitrogens with zero attached hydrogens (tertiary/aromatic N) is 6. The second-order valence-corrected chi connectivity index (χ2v) is 13.4. The van der Waals surface area contributed by atoms with Gasteiger partial charge in [-0.25, -0.2) is 4.98 Å². The van der Waals surface area contributed by atoms with E-state index < -0.39 is 0 Å². The van der Waals surface area contributed by atoms with Crippen LogP contribution in [0.3, 0.4) is 0 Å². The van der Waals surface area contributed by atoms with Crippen LogP contribution in [0.1, 0.15) is 0 Å². The fourth-order valence-corrected chi connectivity index (χ4v) is 8.42. The topological polar surface area (TPSA) is 45.7 Å². The van der Waals surface area contributed by atoms with Crippen molar-refractivity contribution in [2.75, 3.05) is 0 Å². The van der Waals surface area contributed by atoms with Crippen LogP contribution in [-0.2, 0) is 42.2 Å². The largest absolute Gasteiger partial charge is 0.510 e. The third kappa shape index (κ3) is 4.38. The molecule has 0 saturated heterocycles. The zero-order valence-electron chi connectivity index (χ0n) is 29.0. The summed E-state index contributed by atoms with van der Waals surface area (Å²) >= 11 is 0. The van der Waals surface area contributed by atoms with Crippen LogP contribution < -0.4 is 9.30 Å². The molecule has 0 unspecified atom stereocenters. The van der Waals surface area contributed by atoms with E-state index in [-0.39, 0.29) is 21.1 Å². The van der Waals surface area contributed by atoms with Crippen LogP contribution in [-0.4, -0.2) is 23.3 Å². The molecule has 0 aliphatic heterocycles. The molecule has 0 bridgehead atoms. The summed E-state index contributed by atoms with van der Waals surface area (Å²) in [5.74, 6) is 2.00. The van der Waals surface area contributed by atoms with E-state index >= 15 is 0 Å². The second-order valence-electron chi connectivity index (χ2n) is 13.4. The Hall–Kier alpha value is -6.17. The fraction of sp³-hybridized carbons (Fsp3) is 0.0667. The molecule has 8 heteroatoms. The van der Waals surface area contributed by atoms with Gasteiger partial charge in [-0.05, 0) is 29.7 Å².